The van der Waals surface area contributed by atoms with E-state index in [-0.39, 0.29) is 0 Å². The van der Waals surface area contributed by atoms with Gasteiger partial charge in [0, 0.05) is 50.1 Å². The van der Waals surface area contributed by atoms with E-state index in [0.29, 0.717) is 40.9 Å². The van der Waals surface area contributed by atoms with Gasteiger partial charge in [-0.1, -0.05) is 36.0 Å². The topological polar surface area (TPSA) is 36.4 Å². The lowest BCUT2D eigenvalue weighted by Crippen LogP contribution is -2.35. The number of carbonyl (C=O) groups excluding carboxylic acids is 1. The Balaban J connectivity index is 1.56. The Morgan fingerprint density at radius 2 is 1.91 bits per heavy atom. The second-order valence-corrected chi connectivity index (χ2v) is 7.65. The van der Waals surface area contributed by atoms with Crippen molar-refractivity contribution in [3.8, 4) is 0 Å². The van der Waals surface area contributed by atoms with Gasteiger partial charge in [-0.25, -0.2) is 0 Å². The molecule has 1 saturated carbocycles. The summed E-state index contributed by atoms with van der Waals surface area (Å²) in [6, 6.07) is 0.488. The number of likely N-dealkylation sites (tertiary alicyclic amines) is 1. The third-order valence-corrected chi connectivity index (χ3v) is 5.61. The van der Waals surface area contributed by atoms with Crippen LogP contribution >= 0.6 is 23.2 Å². The molecule has 1 aromatic heterocycles. The minimum absolute atomic E-state index is 0.329. The summed E-state index contributed by atoms with van der Waals surface area (Å²) in [4.78, 5) is 20.6. The number of nitrogens with zero attached hydrogens (tertiary/aromatic N) is 3. The molecule has 126 valence electrons. The summed E-state index contributed by atoms with van der Waals surface area (Å²) in [6.07, 6.45) is 8.79. The van der Waals surface area contributed by atoms with Gasteiger partial charge in [-0.15, -0.1) is 0 Å². The van der Waals surface area contributed by atoms with Crippen molar-refractivity contribution in [2.24, 2.45) is 5.92 Å². The normalized spacial score (nSPS) is 22.5. The van der Waals surface area contributed by atoms with Crippen LogP contribution in [0.2, 0.25) is 10.0 Å². The van der Waals surface area contributed by atoms with Crippen LogP contribution in [0.3, 0.4) is 0 Å². The van der Waals surface area contributed by atoms with E-state index in [9.17, 15) is 4.79 Å². The zero-order valence-corrected chi connectivity index (χ0v) is 15.0. The summed E-state index contributed by atoms with van der Waals surface area (Å²) in [5, 5.41) is 1.19. The molecule has 0 N–H and O–H groups in total. The molecule has 3 rings (SSSR count). The molecule has 0 bridgehead atoms. The van der Waals surface area contributed by atoms with Crippen molar-refractivity contribution >= 4 is 29.1 Å². The minimum atomic E-state index is 0.329. The number of rotatable bonds is 5. The summed E-state index contributed by atoms with van der Waals surface area (Å²) in [5.74, 6) is 0.725. The molecule has 1 aromatic rings. The van der Waals surface area contributed by atoms with Crippen LogP contribution in [0.15, 0.2) is 12.4 Å². The Morgan fingerprint density at radius 1 is 1.26 bits per heavy atom. The molecule has 0 spiro atoms. The first-order valence-electron chi connectivity index (χ1n) is 8.30. The van der Waals surface area contributed by atoms with Crippen LogP contribution in [-0.2, 0) is 11.3 Å². The molecule has 2 heterocycles. The smallest absolute Gasteiger partial charge is 0.223 e. The Bertz CT molecular complexity index is 555. The van der Waals surface area contributed by atoms with Gasteiger partial charge in [-0.2, -0.15) is 0 Å². The first-order chi connectivity index (χ1) is 11.0. The van der Waals surface area contributed by atoms with Gasteiger partial charge in [0.2, 0.25) is 5.91 Å². The molecule has 2 aliphatic rings. The Labute approximate surface area is 147 Å². The van der Waals surface area contributed by atoms with Gasteiger partial charge < -0.3 is 9.80 Å². The molecule has 23 heavy (non-hydrogen) atoms. The summed E-state index contributed by atoms with van der Waals surface area (Å²) in [7, 11) is 2.05. The van der Waals surface area contributed by atoms with Crippen molar-refractivity contribution in [2.45, 2.75) is 44.7 Å². The molecule has 1 aliphatic carbocycles. The van der Waals surface area contributed by atoms with Gasteiger partial charge >= 0.3 is 0 Å². The van der Waals surface area contributed by atoms with Crippen molar-refractivity contribution in [2.75, 3.05) is 20.1 Å². The molecule has 1 aliphatic heterocycles. The van der Waals surface area contributed by atoms with E-state index in [0.717, 1.165) is 18.7 Å². The van der Waals surface area contributed by atoms with Crippen LogP contribution < -0.4 is 0 Å². The van der Waals surface area contributed by atoms with E-state index in [2.05, 4.69) is 21.8 Å². The van der Waals surface area contributed by atoms with Gasteiger partial charge in [0.05, 0.1) is 10.0 Å². The zero-order chi connectivity index (χ0) is 16.4. The Kier molecular flexibility index (Phi) is 5.45. The highest BCUT2D eigenvalue weighted by molar-refractivity contribution is 6.35. The van der Waals surface area contributed by atoms with Crippen LogP contribution in [0.25, 0.3) is 0 Å². The molecule has 1 saturated heterocycles. The fraction of sp³-hybridized carbons (Fsp3) is 0.647. The maximum absolute atomic E-state index is 12.3. The van der Waals surface area contributed by atoms with Gasteiger partial charge in [0.25, 0.3) is 0 Å². The van der Waals surface area contributed by atoms with E-state index in [4.69, 9.17) is 23.2 Å². The molecule has 2 fully saturated rings. The SMILES string of the molecule is CN(Cc1c(Cl)cncc1Cl)CC1CC(=O)N(C2CCCC2)C1. The summed E-state index contributed by atoms with van der Waals surface area (Å²) >= 11 is 12.4. The average Bonchev–Trinajstić information content (AvgIpc) is 3.12. The summed E-state index contributed by atoms with van der Waals surface area (Å²) < 4.78 is 0. The van der Waals surface area contributed by atoms with Crippen LogP contribution in [-0.4, -0.2) is 46.9 Å². The zero-order valence-electron chi connectivity index (χ0n) is 13.5. The van der Waals surface area contributed by atoms with Gasteiger partial charge in [0.15, 0.2) is 0 Å². The third-order valence-electron chi connectivity index (χ3n) is 4.95. The maximum Gasteiger partial charge on any atom is 0.223 e. The fourth-order valence-electron chi connectivity index (χ4n) is 3.86. The molecule has 1 unspecified atom stereocenters. The monoisotopic (exact) mass is 355 g/mol. The molecule has 0 radical (unpaired) electrons. The van der Waals surface area contributed by atoms with Gasteiger partial charge in [0.1, 0.15) is 0 Å². The lowest BCUT2D eigenvalue weighted by Gasteiger charge is -2.25. The molecular formula is C17H23Cl2N3O. The standard InChI is InChI=1S/C17H23Cl2N3O/c1-21(11-14-15(18)7-20-8-16(14)19)9-12-6-17(23)22(10-12)13-4-2-3-5-13/h7-8,12-13H,2-6,9-11H2,1H3. The van der Waals surface area contributed by atoms with E-state index >= 15 is 0 Å². The number of halogens is 2. The predicted molar refractivity (Wildman–Crippen MR) is 92.7 cm³/mol. The fourth-order valence-corrected chi connectivity index (χ4v) is 4.35. The highest BCUT2D eigenvalue weighted by atomic mass is 35.5. The second-order valence-electron chi connectivity index (χ2n) is 6.83. The number of aromatic nitrogens is 1. The van der Waals surface area contributed by atoms with Crippen LogP contribution in [0.4, 0.5) is 0 Å². The summed E-state index contributed by atoms with van der Waals surface area (Å²) in [5.41, 5.74) is 0.905. The maximum atomic E-state index is 12.3. The Morgan fingerprint density at radius 3 is 2.57 bits per heavy atom. The van der Waals surface area contributed by atoms with Crippen molar-refractivity contribution in [1.82, 2.24) is 14.8 Å². The quantitative estimate of drug-likeness (QED) is 0.809. The summed E-state index contributed by atoms with van der Waals surface area (Å²) in [6.45, 7) is 2.45. The van der Waals surface area contributed by atoms with Crippen molar-refractivity contribution in [1.29, 1.82) is 0 Å². The highest BCUT2D eigenvalue weighted by Crippen LogP contribution is 2.30. The van der Waals surface area contributed by atoms with Crippen LogP contribution in [0, 0.1) is 5.92 Å². The van der Waals surface area contributed by atoms with E-state index in [1.165, 1.54) is 25.7 Å². The van der Waals surface area contributed by atoms with Gasteiger partial charge in [-0.05, 0) is 25.8 Å². The molecule has 1 amide bonds. The molecular weight excluding hydrogens is 333 g/mol. The lowest BCUT2D eigenvalue weighted by atomic mass is 10.1. The predicted octanol–water partition coefficient (Wildman–Crippen LogP) is 3.61. The average molecular weight is 356 g/mol. The molecule has 0 aromatic carbocycles. The highest BCUT2D eigenvalue weighted by Gasteiger charge is 2.35. The third kappa shape index (κ3) is 3.98. The van der Waals surface area contributed by atoms with Crippen molar-refractivity contribution in [3.05, 3.63) is 28.0 Å². The number of hydrogen-bond donors (Lipinski definition) is 0. The number of amides is 1. The lowest BCUT2D eigenvalue weighted by molar-refractivity contribution is -0.129. The number of pyridine rings is 1. The second kappa shape index (κ2) is 7.37. The van der Waals surface area contributed by atoms with Crippen molar-refractivity contribution in [3.63, 3.8) is 0 Å². The first kappa shape index (κ1) is 17.0. The van der Waals surface area contributed by atoms with Crippen LogP contribution in [0.1, 0.15) is 37.7 Å². The van der Waals surface area contributed by atoms with Crippen molar-refractivity contribution < 1.29 is 4.79 Å². The molecule has 1 atom stereocenters. The van der Waals surface area contributed by atoms with Crippen LogP contribution in [0.5, 0.6) is 0 Å². The van der Waals surface area contributed by atoms with E-state index < -0.39 is 0 Å². The van der Waals surface area contributed by atoms with E-state index in [1.54, 1.807) is 12.4 Å². The largest absolute Gasteiger partial charge is 0.339 e. The number of hydrogen-bond acceptors (Lipinski definition) is 3. The molecule has 4 nitrogen and oxygen atoms in total. The first-order valence-corrected chi connectivity index (χ1v) is 9.06. The minimum Gasteiger partial charge on any atom is -0.339 e. The van der Waals surface area contributed by atoms with Gasteiger partial charge in [-0.3, -0.25) is 9.78 Å². The Hall–Kier alpha value is -0.840. The van der Waals surface area contributed by atoms with E-state index in [1.807, 2.05) is 0 Å². The number of carbonyl (C=O) groups is 1. The molecule has 6 heteroatoms.